The molecule has 0 aromatic heterocycles. The van der Waals surface area contributed by atoms with Crippen LogP contribution in [0.1, 0.15) is 39.0 Å². The second kappa shape index (κ2) is 4.84. The van der Waals surface area contributed by atoms with Gasteiger partial charge in [0.2, 0.25) is 0 Å². The molecule has 2 heteroatoms. The standard InChI is InChI=1S/C13H26N2/c1-10-8-11(10)9-15(3)13-6-4-12(14-2)5-7-13/h10-14H,4-9H2,1-3H3. The Kier molecular flexibility index (Phi) is 3.68. The molecule has 0 aromatic carbocycles. The summed E-state index contributed by atoms with van der Waals surface area (Å²) in [6, 6.07) is 1.65. The first-order valence-electron chi connectivity index (χ1n) is 6.58. The van der Waals surface area contributed by atoms with Crippen molar-refractivity contribution in [3.05, 3.63) is 0 Å². The van der Waals surface area contributed by atoms with Crippen LogP contribution in [0.15, 0.2) is 0 Å². The number of nitrogens with one attached hydrogen (secondary N) is 1. The van der Waals surface area contributed by atoms with Gasteiger partial charge < -0.3 is 10.2 Å². The Bertz CT molecular complexity index is 197. The number of rotatable bonds is 4. The Morgan fingerprint density at radius 3 is 2.27 bits per heavy atom. The highest BCUT2D eigenvalue weighted by Crippen LogP contribution is 2.38. The highest BCUT2D eigenvalue weighted by atomic mass is 15.1. The summed E-state index contributed by atoms with van der Waals surface area (Å²) in [4.78, 5) is 2.63. The molecule has 2 aliphatic carbocycles. The van der Waals surface area contributed by atoms with Gasteiger partial charge in [0.05, 0.1) is 0 Å². The van der Waals surface area contributed by atoms with E-state index < -0.39 is 0 Å². The Labute approximate surface area is 94.4 Å². The van der Waals surface area contributed by atoms with Crippen molar-refractivity contribution in [2.45, 2.75) is 51.1 Å². The van der Waals surface area contributed by atoms with E-state index in [1.54, 1.807) is 0 Å². The van der Waals surface area contributed by atoms with Gasteiger partial charge in [0, 0.05) is 18.6 Å². The highest BCUT2D eigenvalue weighted by molar-refractivity contribution is 4.88. The van der Waals surface area contributed by atoms with E-state index in [-0.39, 0.29) is 0 Å². The molecule has 2 saturated carbocycles. The molecule has 0 bridgehead atoms. The lowest BCUT2D eigenvalue weighted by molar-refractivity contribution is 0.169. The fraction of sp³-hybridized carbons (Fsp3) is 1.00. The summed E-state index contributed by atoms with van der Waals surface area (Å²) in [6.45, 7) is 3.73. The quantitative estimate of drug-likeness (QED) is 0.764. The van der Waals surface area contributed by atoms with E-state index in [1.807, 2.05) is 0 Å². The number of hydrogen-bond donors (Lipinski definition) is 1. The maximum atomic E-state index is 3.41. The first-order chi connectivity index (χ1) is 7.20. The third-order valence-electron chi connectivity index (χ3n) is 4.53. The molecule has 1 N–H and O–H groups in total. The predicted molar refractivity (Wildman–Crippen MR) is 65.0 cm³/mol. The molecule has 0 amide bonds. The normalized spacial score (nSPS) is 40.8. The molecule has 0 aromatic rings. The van der Waals surface area contributed by atoms with Crippen molar-refractivity contribution in [2.75, 3.05) is 20.6 Å². The molecule has 0 aliphatic heterocycles. The molecule has 0 saturated heterocycles. The average Bonchev–Trinajstić information content (AvgIpc) is 2.94. The second-order valence-electron chi connectivity index (χ2n) is 5.71. The summed E-state index contributed by atoms with van der Waals surface area (Å²) in [5, 5.41) is 3.41. The zero-order valence-electron chi connectivity index (χ0n) is 10.5. The van der Waals surface area contributed by atoms with E-state index in [0.717, 1.165) is 23.9 Å². The Morgan fingerprint density at radius 2 is 1.80 bits per heavy atom. The molecule has 2 rings (SSSR count). The third kappa shape index (κ3) is 2.94. The van der Waals surface area contributed by atoms with Crippen LogP contribution < -0.4 is 5.32 Å². The summed E-state index contributed by atoms with van der Waals surface area (Å²) in [7, 11) is 4.43. The summed E-state index contributed by atoms with van der Waals surface area (Å²) in [6.07, 6.45) is 6.99. The lowest BCUT2D eigenvalue weighted by Crippen LogP contribution is -2.40. The van der Waals surface area contributed by atoms with Crippen molar-refractivity contribution < 1.29 is 0 Å². The van der Waals surface area contributed by atoms with Gasteiger partial charge in [-0.3, -0.25) is 0 Å². The molecule has 2 fully saturated rings. The topological polar surface area (TPSA) is 15.3 Å². The zero-order valence-corrected chi connectivity index (χ0v) is 10.5. The molecule has 2 aliphatic rings. The lowest BCUT2D eigenvalue weighted by Gasteiger charge is -2.34. The second-order valence-corrected chi connectivity index (χ2v) is 5.71. The number of nitrogens with zero attached hydrogens (tertiary/aromatic N) is 1. The fourth-order valence-corrected chi connectivity index (χ4v) is 2.98. The molecular formula is C13H26N2. The van der Waals surface area contributed by atoms with E-state index in [1.165, 1.54) is 38.6 Å². The van der Waals surface area contributed by atoms with Gasteiger partial charge in [-0.15, -0.1) is 0 Å². The maximum absolute atomic E-state index is 3.41. The summed E-state index contributed by atoms with van der Waals surface area (Å²) in [5.74, 6) is 2.01. The maximum Gasteiger partial charge on any atom is 0.00934 e. The van der Waals surface area contributed by atoms with Crippen LogP contribution >= 0.6 is 0 Å². The number of hydrogen-bond acceptors (Lipinski definition) is 2. The first-order valence-corrected chi connectivity index (χ1v) is 6.58. The van der Waals surface area contributed by atoms with E-state index in [2.05, 4.69) is 31.2 Å². The Hall–Kier alpha value is -0.0800. The van der Waals surface area contributed by atoms with Gasteiger partial charge in [-0.05, 0) is 58.0 Å². The summed E-state index contributed by atoms with van der Waals surface area (Å²) < 4.78 is 0. The van der Waals surface area contributed by atoms with Crippen LogP contribution in [0.25, 0.3) is 0 Å². The molecule has 2 atom stereocenters. The molecule has 88 valence electrons. The van der Waals surface area contributed by atoms with Crippen LogP contribution in [-0.2, 0) is 0 Å². The fourth-order valence-electron chi connectivity index (χ4n) is 2.98. The Balaban J connectivity index is 1.70. The van der Waals surface area contributed by atoms with E-state index in [4.69, 9.17) is 0 Å². The van der Waals surface area contributed by atoms with Gasteiger partial charge in [0.1, 0.15) is 0 Å². The van der Waals surface area contributed by atoms with Crippen LogP contribution in [-0.4, -0.2) is 37.6 Å². The largest absolute Gasteiger partial charge is 0.317 e. The van der Waals surface area contributed by atoms with Crippen molar-refractivity contribution >= 4 is 0 Å². The lowest BCUT2D eigenvalue weighted by atomic mass is 9.90. The van der Waals surface area contributed by atoms with Crippen molar-refractivity contribution in [1.82, 2.24) is 10.2 Å². The molecule has 2 nitrogen and oxygen atoms in total. The van der Waals surface area contributed by atoms with Gasteiger partial charge in [-0.1, -0.05) is 6.92 Å². The Morgan fingerprint density at radius 1 is 1.20 bits per heavy atom. The SMILES string of the molecule is CNC1CCC(N(C)CC2CC2C)CC1. The van der Waals surface area contributed by atoms with Crippen LogP contribution in [0.2, 0.25) is 0 Å². The van der Waals surface area contributed by atoms with Gasteiger partial charge in [0.15, 0.2) is 0 Å². The van der Waals surface area contributed by atoms with Crippen LogP contribution in [0.3, 0.4) is 0 Å². The van der Waals surface area contributed by atoms with Gasteiger partial charge in [0.25, 0.3) is 0 Å². The minimum atomic E-state index is 0.787. The molecule has 0 radical (unpaired) electrons. The van der Waals surface area contributed by atoms with Gasteiger partial charge >= 0.3 is 0 Å². The predicted octanol–water partition coefficient (Wildman–Crippen LogP) is 2.10. The molecule has 15 heavy (non-hydrogen) atoms. The minimum absolute atomic E-state index is 0.787. The van der Waals surface area contributed by atoms with E-state index in [0.29, 0.717) is 0 Å². The average molecular weight is 210 g/mol. The van der Waals surface area contributed by atoms with Crippen LogP contribution in [0.4, 0.5) is 0 Å². The summed E-state index contributed by atoms with van der Waals surface area (Å²) in [5.41, 5.74) is 0. The van der Waals surface area contributed by atoms with Crippen LogP contribution in [0.5, 0.6) is 0 Å². The molecular weight excluding hydrogens is 184 g/mol. The highest BCUT2D eigenvalue weighted by Gasteiger charge is 2.35. The minimum Gasteiger partial charge on any atom is -0.317 e. The summed E-state index contributed by atoms with van der Waals surface area (Å²) >= 11 is 0. The van der Waals surface area contributed by atoms with Gasteiger partial charge in [-0.2, -0.15) is 0 Å². The van der Waals surface area contributed by atoms with Gasteiger partial charge in [-0.25, -0.2) is 0 Å². The van der Waals surface area contributed by atoms with Crippen LogP contribution in [0, 0.1) is 11.8 Å². The van der Waals surface area contributed by atoms with Crippen molar-refractivity contribution in [3.8, 4) is 0 Å². The smallest absolute Gasteiger partial charge is 0.00934 e. The third-order valence-corrected chi connectivity index (χ3v) is 4.53. The van der Waals surface area contributed by atoms with Crippen molar-refractivity contribution in [1.29, 1.82) is 0 Å². The van der Waals surface area contributed by atoms with E-state index in [9.17, 15) is 0 Å². The zero-order chi connectivity index (χ0) is 10.8. The van der Waals surface area contributed by atoms with E-state index >= 15 is 0 Å². The molecule has 2 unspecified atom stereocenters. The molecule has 0 heterocycles. The first kappa shape index (κ1) is 11.4. The van der Waals surface area contributed by atoms with Crippen molar-refractivity contribution in [2.24, 2.45) is 11.8 Å². The molecule has 0 spiro atoms. The monoisotopic (exact) mass is 210 g/mol. The van der Waals surface area contributed by atoms with Crippen molar-refractivity contribution in [3.63, 3.8) is 0 Å².